The molecule has 0 aliphatic heterocycles. The average molecular weight is 309 g/mol. The molecular weight excluding hydrogens is 272 g/mol. The van der Waals surface area contributed by atoms with E-state index in [4.69, 9.17) is 4.74 Å². The van der Waals surface area contributed by atoms with Crippen LogP contribution in [-0.4, -0.2) is 12.1 Å². The molecule has 2 rings (SSSR count). The summed E-state index contributed by atoms with van der Waals surface area (Å²) in [6.45, 7) is 6.85. The SMILES string of the molecule is CCCC(=O)OC1CCC([C@H]2CC[C@](C)(CCC)CC2)CC1. The van der Waals surface area contributed by atoms with Gasteiger partial charge in [-0.1, -0.05) is 27.2 Å². The molecule has 0 aromatic rings. The van der Waals surface area contributed by atoms with Gasteiger partial charge in [0.2, 0.25) is 0 Å². The normalized spacial score (nSPS) is 36.0. The second-order valence-electron chi connectivity index (χ2n) is 8.17. The van der Waals surface area contributed by atoms with Crippen molar-refractivity contribution in [1.82, 2.24) is 0 Å². The Morgan fingerprint density at radius 3 is 2.09 bits per heavy atom. The summed E-state index contributed by atoms with van der Waals surface area (Å²) in [5, 5.41) is 0. The van der Waals surface area contributed by atoms with Crippen molar-refractivity contribution >= 4 is 5.97 Å². The zero-order valence-electron chi connectivity index (χ0n) is 15.0. The van der Waals surface area contributed by atoms with Gasteiger partial charge < -0.3 is 4.74 Å². The molecule has 2 aliphatic rings. The molecule has 2 fully saturated rings. The highest BCUT2D eigenvalue weighted by molar-refractivity contribution is 5.69. The number of esters is 1. The van der Waals surface area contributed by atoms with E-state index in [2.05, 4.69) is 13.8 Å². The van der Waals surface area contributed by atoms with Crippen LogP contribution in [0.25, 0.3) is 0 Å². The van der Waals surface area contributed by atoms with Gasteiger partial charge in [0.25, 0.3) is 0 Å². The van der Waals surface area contributed by atoms with E-state index in [9.17, 15) is 4.79 Å². The van der Waals surface area contributed by atoms with Gasteiger partial charge in [0, 0.05) is 6.42 Å². The van der Waals surface area contributed by atoms with Crippen molar-refractivity contribution in [3.05, 3.63) is 0 Å². The number of hydrogen-bond donors (Lipinski definition) is 0. The fraction of sp³-hybridized carbons (Fsp3) is 0.950. The van der Waals surface area contributed by atoms with E-state index >= 15 is 0 Å². The van der Waals surface area contributed by atoms with Gasteiger partial charge in [-0.15, -0.1) is 0 Å². The van der Waals surface area contributed by atoms with Crippen LogP contribution in [0.1, 0.15) is 97.8 Å². The molecule has 0 aromatic heterocycles. The minimum Gasteiger partial charge on any atom is -0.462 e. The maximum absolute atomic E-state index is 11.6. The van der Waals surface area contributed by atoms with Crippen LogP contribution in [0.2, 0.25) is 0 Å². The Labute approximate surface area is 137 Å². The lowest BCUT2D eigenvalue weighted by Crippen LogP contribution is -2.32. The van der Waals surface area contributed by atoms with E-state index in [0.29, 0.717) is 11.8 Å². The molecule has 0 saturated heterocycles. The van der Waals surface area contributed by atoms with Gasteiger partial charge in [0.05, 0.1) is 0 Å². The maximum Gasteiger partial charge on any atom is 0.306 e. The number of carbonyl (C=O) groups excluding carboxylic acids is 1. The molecule has 0 N–H and O–H groups in total. The van der Waals surface area contributed by atoms with Crippen molar-refractivity contribution in [3.8, 4) is 0 Å². The number of carbonyl (C=O) groups is 1. The van der Waals surface area contributed by atoms with Gasteiger partial charge in [-0.2, -0.15) is 0 Å². The van der Waals surface area contributed by atoms with E-state index in [1.54, 1.807) is 0 Å². The standard InChI is InChI=1S/C20H36O2/c1-4-6-19(21)22-18-9-7-16(8-10-18)17-11-14-20(3,13-5-2)15-12-17/h16-18H,4-15H2,1-3H3/t16?,17-,18?,20-. The van der Waals surface area contributed by atoms with E-state index < -0.39 is 0 Å². The zero-order valence-corrected chi connectivity index (χ0v) is 15.0. The molecule has 128 valence electrons. The molecule has 22 heavy (non-hydrogen) atoms. The van der Waals surface area contributed by atoms with Gasteiger partial charge in [0.1, 0.15) is 6.10 Å². The minimum absolute atomic E-state index is 0.0129. The lowest BCUT2D eigenvalue weighted by Gasteiger charge is -2.42. The molecule has 0 aromatic carbocycles. The van der Waals surface area contributed by atoms with Crippen LogP contribution in [0.15, 0.2) is 0 Å². The van der Waals surface area contributed by atoms with E-state index in [-0.39, 0.29) is 12.1 Å². The highest BCUT2D eigenvalue weighted by Crippen LogP contribution is 2.46. The van der Waals surface area contributed by atoms with Crippen LogP contribution < -0.4 is 0 Å². The van der Waals surface area contributed by atoms with Crippen LogP contribution in [0, 0.1) is 17.3 Å². The molecule has 0 radical (unpaired) electrons. The lowest BCUT2D eigenvalue weighted by atomic mass is 9.64. The number of ether oxygens (including phenoxy) is 1. The average Bonchev–Trinajstić information content (AvgIpc) is 2.49. The largest absolute Gasteiger partial charge is 0.462 e. The van der Waals surface area contributed by atoms with Gasteiger partial charge in [-0.3, -0.25) is 4.79 Å². The van der Waals surface area contributed by atoms with Crippen molar-refractivity contribution in [3.63, 3.8) is 0 Å². The summed E-state index contributed by atoms with van der Waals surface area (Å²) < 4.78 is 5.59. The first kappa shape index (κ1) is 17.8. The predicted octanol–water partition coefficient (Wildman–Crippen LogP) is 5.89. The Morgan fingerprint density at radius 2 is 1.55 bits per heavy atom. The third-order valence-electron chi connectivity index (χ3n) is 6.23. The van der Waals surface area contributed by atoms with Gasteiger partial charge in [-0.25, -0.2) is 0 Å². The van der Waals surface area contributed by atoms with Crippen LogP contribution >= 0.6 is 0 Å². The summed E-state index contributed by atoms with van der Waals surface area (Å²) in [6.07, 6.45) is 14.9. The second-order valence-corrected chi connectivity index (χ2v) is 8.17. The van der Waals surface area contributed by atoms with E-state index in [0.717, 1.165) is 31.1 Å². The molecule has 0 bridgehead atoms. The van der Waals surface area contributed by atoms with Crippen molar-refractivity contribution < 1.29 is 9.53 Å². The van der Waals surface area contributed by atoms with E-state index in [1.165, 1.54) is 51.4 Å². The van der Waals surface area contributed by atoms with Gasteiger partial charge >= 0.3 is 5.97 Å². The summed E-state index contributed by atoms with van der Waals surface area (Å²) in [5.41, 5.74) is 0.623. The topological polar surface area (TPSA) is 26.3 Å². The molecule has 0 amide bonds. The first-order chi connectivity index (χ1) is 10.6. The highest BCUT2D eigenvalue weighted by Gasteiger charge is 2.35. The van der Waals surface area contributed by atoms with Crippen molar-refractivity contribution in [1.29, 1.82) is 0 Å². The Balaban J connectivity index is 1.70. The van der Waals surface area contributed by atoms with Crippen molar-refractivity contribution in [2.75, 3.05) is 0 Å². The first-order valence-electron chi connectivity index (χ1n) is 9.76. The van der Waals surface area contributed by atoms with Gasteiger partial charge in [0.15, 0.2) is 0 Å². The molecule has 0 atom stereocenters. The fourth-order valence-electron chi connectivity index (χ4n) is 4.79. The molecule has 2 aliphatic carbocycles. The molecular formula is C20H36O2. The van der Waals surface area contributed by atoms with Crippen molar-refractivity contribution in [2.45, 2.75) is 104 Å². The summed E-state index contributed by atoms with van der Waals surface area (Å²) in [7, 11) is 0. The fourth-order valence-corrected chi connectivity index (χ4v) is 4.79. The monoisotopic (exact) mass is 308 g/mol. The van der Waals surface area contributed by atoms with Crippen LogP contribution in [-0.2, 0) is 9.53 Å². The molecule has 0 spiro atoms. The van der Waals surface area contributed by atoms with Gasteiger partial charge in [-0.05, 0) is 81.5 Å². The van der Waals surface area contributed by atoms with Crippen LogP contribution in [0.5, 0.6) is 0 Å². The number of hydrogen-bond acceptors (Lipinski definition) is 2. The third-order valence-corrected chi connectivity index (χ3v) is 6.23. The summed E-state index contributed by atoms with van der Waals surface area (Å²) >= 11 is 0. The first-order valence-corrected chi connectivity index (χ1v) is 9.76. The lowest BCUT2D eigenvalue weighted by molar-refractivity contribution is -0.151. The Bertz CT molecular complexity index is 334. The Morgan fingerprint density at radius 1 is 0.955 bits per heavy atom. The summed E-state index contributed by atoms with van der Waals surface area (Å²) in [6, 6.07) is 0. The maximum atomic E-state index is 11.6. The smallest absolute Gasteiger partial charge is 0.306 e. The van der Waals surface area contributed by atoms with E-state index in [1.807, 2.05) is 6.92 Å². The Hall–Kier alpha value is -0.530. The predicted molar refractivity (Wildman–Crippen MR) is 91.7 cm³/mol. The summed E-state index contributed by atoms with van der Waals surface area (Å²) in [5.74, 6) is 1.85. The molecule has 0 heterocycles. The van der Waals surface area contributed by atoms with Crippen LogP contribution in [0.3, 0.4) is 0 Å². The molecule has 0 unspecified atom stereocenters. The molecule has 2 saturated carbocycles. The second kappa shape index (κ2) is 8.36. The third kappa shape index (κ3) is 4.99. The van der Waals surface area contributed by atoms with Crippen molar-refractivity contribution in [2.24, 2.45) is 17.3 Å². The molecule has 2 nitrogen and oxygen atoms in total. The zero-order chi connectivity index (χ0) is 16.0. The minimum atomic E-state index is 0.0129. The number of rotatable bonds is 6. The molecule has 2 heteroatoms. The Kier molecular flexibility index (Phi) is 6.77. The highest BCUT2D eigenvalue weighted by atomic mass is 16.5. The quantitative estimate of drug-likeness (QED) is 0.572. The van der Waals surface area contributed by atoms with Crippen LogP contribution in [0.4, 0.5) is 0 Å². The summed E-state index contributed by atoms with van der Waals surface area (Å²) in [4.78, 5) is 11.6.